The summed E-state index contributed by atoms with van der Waals surface area (Å²) < 4.78 is 0. The highest BCUT2D eigenvalue weighted by molar-refractivity contribution is 5.95. The minimum absolute atomic E-state index is 0.0152. The molecule has 0 saturated carbocycles. The molecule has 7 heteroatoms. The SMILES string of the molecule is CC(C)CN(CC(C)C)c1ccc([N+](=O)[O-])cc1/C=N/NC(=O)c1ccccc1. The van der Waals surface area contributed by atoms with Gasteiger partial charge in [0, 0.05) is 42.0 Å². The summed E-state index contributed by atoms with van der Waals surface area (Å²) in [5, 5.41) is 15.3. The number of hydrogen-bond donors (Lipinski definition) is 1. The van der Waals surface area contributed by atoms with Crippen LogP contribution in [0.2, 0.25) is 0 Å². The molecular formula is C22H28N4O3. The second kappa shape index (κ2) is 10.4. The molecule has 0 radical (unpaired) electrons. The van der Waals surface area contributed by atoms with Gasteiger partial charge in [-0.25, -0.2) is 5.43 Å². The Kier molecular flexibility index (Phi) is 7.88. The van der Waals surface area contributed by atoms with Crippen LogP contribution in [0.3, 0.4) is 0 Å². The predicted octanol–water partition coefficient (Wildman–Crippen LogP) is 4.48. The number of carbonyl (C=O) groups is 1. The number of hydrazone groups is 1. The predicted molar refractivity (Wildman–Crippen MR) is 116 cm³/mol. The highest BCUT2D eigenvalue weighted by atomic mass is 16.6. The van der Waals surface area contributed by atoms with Gasteiger partial charge in [-0.2, -0.15) is 5.10 Å². The standard InChI is InChI=1S/C22H28N4O3/c1-16(2)14-25(15-17(3)4)21-11-10-20(26(28)29)12-19(21)13-23-24-22(27)18-8-6-5-7-9-18/h5-13,16-17H,14-15H2,1-4H3,(H,24,27)/b23-13+. The lowest BCUT2D eigenvalue weighted by Gasteiger charge is -2.29. The van der Waals surface area contributed by atoms with Crippen LogP contribution < -0.4 is 10.3 Å². The summed E-state index contributed by atoms with van der Waals surface area (Å²) in [5.41, 5.74) is 4.41. The molecule has 0 heterocycles. The van der Waals surface area contributed by atoms with Gasteiger partial charge in [-0.15, -0.1) is 0 Å². The molecule has 1 amide bonds. The number of rotatable bonds is 9. The lowest BCUT2D eigenvalue weighted by molar-refractivity contribution is -0.384. The molecular weight excluding hydrogens is 368 g/mol. The monoisotopic (exact) mass is 396 g/mol. The summed E-state index contributed by atoms with van der Waals surface area (Å²) in [4.78, 5) is 25.2. The Labute approximate surface area is 171 Å². The maximum Gasteiger partial charge on any atom is 0.271 e. The van der Waals surface area contributed by atoms with Crippen molar-refractivity contribution >= 4 is 23.5 Å². The summed E-state index contributed by atoms with van der Waals surface area (Å²) in [6.45, 7) is 10.2. The van der Waals surface area contributed by atoms with Crippen molar-refractivity contribution in [1.29, 1.82) is 0 Å². The van der Waals surface area contributed by atoms with Crippen molar-refractivity contribution in [2.45, 2.75) is 27.7 Å². The second-order valence-electron chi connectivity index (χ2n) is 7.76. The number of nitrogens with one attached hydrogen (secondary N) is 1. The van der Waals surface area contributed by atoms with Crippen LogP contribution in [-0.2, 0) is 0 Å². The van der Waals surface area contributed by atoms with Crippen molar-refractivity contribution in [3.8, 4) is 0 Å². The first kappa shape index (κ1) is 22.1. The third kappa shape index (κ3) is 6.71. The van der Waals surface area contributed by atoms with E-state index < -0.39 is 4.92 Å². The van der Waals surface area contributed by atoms with Gasteiger partial charge >= 0.3 is 0 Å². The van der Waals surface area contributed by atoms with Gasteiger partial charge < -0.3 is 4.90 Å². The van der Waals surface area contributed by atoms with E-state index in [9.17, 15) is 14.9 Å². The van der Waals surface area contributed by atoms with Gasteiger partial charge in [-0.05, 0) is 30.0 Å². The van der Waals surface area contributed by atoms with Gasteiger partial charge in [-0.1, -0.05) is 45.9 Å². The molecule has 0 fully saturated rings. The molecule has 0 aliphatic heterocycles. The zero-order valence-corrected chi connectivity index (χ0v) is 17.3. The molecule has 0 aliphatic rings. The molecule has 1 N–H and O–H groups in total. The van der Waals surface area contributed by atoms with Crippen LogP contribution in [0.25, 0.3) is 0 Å². The first-order chi connectivity index (χ1) is 13.8. The Morgan fingerprint density at radius 2 is 1.72 bits per heavy atom. The molecule has 0 saturated heterocycles. The summed E-state index contributed by atoms with van der Waals surface area (Å²) in [7, 11) is 0. The van der Waals surface area contributed by atoms with Crippen LogP contribution in [0.5, 0.6) is 0 Å². The van der Waals surface area contributed by atoms with Gasteiger partial charge in [0.05, 0.1) is 11.1 Å². The summed E-state index contributed by atoms with van der Waals surface area (Å²) in [5.74, 6) is 0.507. The van der Waals surface area contributed by atoms with Crippen LogP contribution in [0.1, 0.15) is 43.6 Å². The average molecular weight is 396 g/mol. The van der Waals surface area contributed by atoms with E-state index in [1.165, 1.54) is 18.3 Å². The Balaban J connectivity index is 2.32. The Morgan fingerprint density at radius 3 is 2.28 bits per heavy atom. The van der Waals surface area contributed by atoms with E-state index in [-0.39, 0.29) is 11.6 Å². The molecule has 2 aromatic rings. The number of amides is 1. The van der Waals surface area contributed by atoms with Gasteiger partial charge in [0.25, 0.3) is 11.6 Å². The van der Waals surface area contributed by atoms with Crippen LogP contribution in [0.4, 0.5) is 11.4 Å². The number of hydrogen-bond acceptors (Lipinski definition) is 5. The Morgan fingerprint density at radius 1 is 1.10 bits per heavy atom. The Bertz CT molecular complexity index is 854. The lowest BCUT2D eigenvalue weighted by Crippen LogP contribution is -2.32. The third-order valence-electron chi connectivity index (χ3n) is 4.14. The fourth-order valence-electron chi connectivity index (χ4n) is 3.01. The molecule has 2 aromatic carbocycles. The first-order valence-corrected chi connectivity index (χ1v) is 9.69. The summed E-state index contributed by atoms with van der Waals surface area (Å²) in [6, 6.07) is 13.5. The molecule has 154 valence electrons. The van der Waals surface area contributed by atoms with E-state index in [0.717, 1.165) is 18.8 Å². The molecule has 0 aliphatic carbocycles. The number of nitrogens with zero attached hydrogens (tertiary/aromatic N) is 3. The quantitative estimate of drug-likeness (QED) is 0.385. The maximum atomic E-state index is 12.2. The average Bonchev–Trinajstić information content (AvgIpc) is 2.67. The van der Waals surface area contributed by atoms with Crippen LogP contribution in [-0.4, -0.2) is 30.1 Å². The topological polar surface area (TPSA) is 87.8 Å². The van der Waals surface area contributed by atoms with Gasteiger partial charge in [0.2, 0.25) is 0 Å². The minimum Gasteiger partial charge on any atom is -0.370 e. The lowest BCUT2D eigenvalue weighted by atomic mass is 10.1. The van der Waals surface area contributed by atoms with E-state index in [1.54, 1.807) is 30.3 Å². The first-order valence-electron chi connectivity index (χ1n) is 9.69. The van der Waals surface area contributed by atoms with Gasteiger partial charge in [-0.3, -0.25) is 14.9 Å². The summed E-state index contributed by atoms with van der Waals surface area (Å²) in [6.07, 6.45) is 1.47. The zero-order valence-electron chi connectivity index (χ0n) is 17.3. The largest absolute Gasteiger partial charge is 0.370 e. The van der Waals surface area contributed by atoms with Crippen molar-refractivity contribution in [3.05, 3.63) is 69.8 Å². The molecule has 0 bridgehead atoms. The van der Waals surface area contributed by atoms with Gasteiger partial charge in [0.15, 0.2) is 0 Å². The number of nitro groups is 1. The summed E-state index contributed by atoms with van der Waals surface area (Å²) >= 11 is 0. The van der Waals surface area contributed by atoms with E-state index in [1.807, 2.05) is 6.07 Å². The molecule has 0 atom stereocenters. The second-order valence-corrected chi connectivity index (χ2v) is 7.76. The maximum absolute atomic E-state index is 12.2. The van der Waals surface area contributed by atoms with Crippen LogP contribution >= 0.6 is 0 Å². The normalized spacial score (nSPS) is 11.2. The number of carbonyl (C=O) groups excluding carboxylic acids is 1. The zero-order chi connectivity index (χ0) is 21.4. The van der Waals surface area contributed by atoms with E-state index in [0.29, 0.717) is 23.0 Å². The molecule has 0 unspecified atom stereocenters. The van der Waals surface area contributed by atoms with Crippen LogP contribution in [0, 0.1) is 22.0 Å². The van der Waals surface area contributed by atoms with E-state index in [2.05, 4.69) is 43.1 Å². The number of nitro benzene ring substituents is 1. The van der Waals surface area contributed by atoms with Gasteiger partial charge in [0.1, 0.15) is 0 Å². The number of anilines is 1. The molecule has 7 nitrogen and oxygen atoms in total. The number of benzene rings is 2. The molecule has 0 spiro atoms. The number of non-ortho nitro benzene ring substituents is 1. The molecule has 2 rings (SSSR count). The Hall–Kier alpha value is -3.22. The van der Waals surface area contributed by atoms with Crippen molar-refractivity contribution in [3.63, 3.8) is 0 Å². The van der Waals surface area contributed by atoms with Crippen molar-refractivity contribution in [2.24, 2.45) is 16.9 Å². The van der Waals surface area contributed by atoms with Crippen LogP contribution in [0.15, 0.2) is 53.6 Å². The van der Waals surface area contributed by atoms with E-state index in [4.69, 9.17) is 0 Å². The molecule has 29 heavy (non-hydrogen) atoms. The smallest absolute Gasteiger partial charge is 0.271 e. The molecule has 0 aromatic heterocycles. The fourth-order valence-corrected chi connectivity index (χ4v) is 3.01. The van der Waals surface area contributed by atoms with Crippen molar-refractivity contribution in [1.82, 2.24) is 5.43 Å². The van der Waals surface area contributed by atoms with E-state index >= 15 is 0 Å². The highest BCUT2D eigenvalue weighted by Crippen LogP contribution is 2.26. The third-order valence-corrected chi connectivity index (χ3v) is 4.14. The van der Waals surface area contributed by atoms with Crippen molar-refractivity contribution in [2.75, 3.05) is 18.0 Å². The fraction of sp³-hybridized carbons (Fsp3) is 0.364. The minimum atomic E-state index is -0.432. The van der Waals surface area contributed by atoms with Crippen molar-refractivity contribution < 1.29 is 9.72 Å². The highest BCUT2D eigenvalue weighted by Gasteiger charge is 2.17.